The molecule has 0 saturated carbocycles. The number of para-hydroxylation sites is 1. The largest absolute Gasteiger partial charge is 0.489 e. The lowest BCUT2D eigenvalue weighted by atomic mass is 10.1. The average Bonchev–Trinajstić information content (AvgIpc) is 3.23. The van der Waals surface area contributed by atoms with Crippen LogP contribution in [0.1, 0.15) is 27.9 Å². The van der Waals surface area contributed by atoms with Gasteiger partial charge < -0.3 is 9.64 Å². The summed E-state index contributed by atoms with van der Waals surface area (Å²) < 4.78 is 6.03. The van der Waals surface area contributed by atoms with Gasteiger partial charge in [-0.2, -0.15) is 0 Å². The minimum atomic E-state index is 0.156. The number of carbonyl (C=O) groups excluding carboxylic acids is 1. The minimum Gasteiger partial charge on any atom is -0.489 e. The van der Waals surface area contributed by atoms with Crippen LogP contribution in [0.15, 0.2) is 78.9 Å². The number of hydrogen-bond acceptors (Lipinski definition) is 3. The Morgan fingerprint density at radius 2 is 1.61 bits per heavy atom. The van der Waals surface area contributed by atoms with Crippen molar-refractivity contribution in [3.63, 3.8) is 0 Å². The lowest BCUT2D eigenvalue weighted by Gasteiger charge is -2.15. The van der Waals surface area contributed by atoms with Gasteiger partial charge in [0, 0.05) is 29.7 Å². The molecule has 4 aromatic rings. The van der Waals surface area contributed by atoms with Crippen LogP contribution in [0, 0.1) is 6.92 Å². The van der Waals surface area contributed by atoms with Crippen LogP contribution in [0.3, 0.4) is 0 Å². The number of fused-ring (bicyclic) bond motifs is 2. The van der Waals surface area contributed by atoms with Crippen molar-refractivity contribution >= 4 is 16.8 Å². The van der Waals surface area contributed by atoms with Gasteiger partial charge in [-0.1, -0.05) is 54.6 Å². The second-order valence-corrected chi connectivity index (χ2v) is 8.07. The second kappa shape index (κ2) is 8.23. The van der Waals surface area contributed by atoms with Crippen molar-refractivity contribution in [2.24, 2.45) is 0 Å². The highest BCUT2D eigenvalue weighted by molar-refractivity contribution is 5.82. The Bertz CT molecular complexity index is 1220. The maximum atomic E-state index is 12.7. The Hall–Kier alpha value is -3.66. The van der Waals surface area contributed by atoms with E-state index in [0.29, 0.717) is 26.1 Å². The maximum Gasteiger partial charge on any atom is 0.227 e. The van der Waals surface area contributed by atoms with E-state index in [1.54, 1.807) is 0 Å². The third-order valence-corrected chi connectivity index (χ3v) is 5.80. The molecule has 0 radical (unpaired) electrons. The summed E-state index contributed by atoms with van der Waals surface area (Å²) >= 11 is 0. The van der Waals surface area contributed by atoms with E-state index in [1.165, 1.54) is 11.1 Å². The molecule has 0 aliphatic carbocycles. The fraction of sp³-hybridized carbons (Fsp3) is 0.185. The summed E-state index contributed by atoms with van der Waals surface area (Å²) in [5.74, 6) is 0.951. The molecule has 31 heavy (non-hydrogen) atoms. The van der Waals surface area contributed by atoms with Crippen LogP contribution < -0.4 is 4.74 Å². The van der Waals surface area contributed by atoms with Crippen molar-refractivity contribution in [3.05, 3.63) is 107 Å². The van der Waals surface area contributed by atoms with Crippen LogP contribution in [0.25, 0.3) is 10.9 Å². The molecule has 2 heterocycles. The summed E-state index contributed by atoms with van der Waals surface area (Å²) in [4.78, 5) is 19.2. The van der Waals surface area contributed by atoms with Crippen molar-refractivity contribution in [3.8, 4) is 5.75 Å². The highest BCUT2D eigenvalue weighted by atomic mass is 16.5. The summed E-state index contributed by atoms with van der Waals surface area (Å²) in [5, 5.41) is 1.11. The molecular weight excluding hydrogens is 384 g/mol. The molecule has 1 amide bonds. The van der Waals surface area contributed by atoms with Gasteiger partial charge in [0.05, 0.1) is 11.9 Å². The predicted octanol–water partition coefficient (Wildman–Crippen LogP) is 5.21. The van der Waals surface area contributed by atoms with E-state index in [0.717, 1.165) is 33.5 Å². The van der Waals surface area contributed by atoms with Gasteiger partial charge in [-0.15, -0.1) is 0 Å². The number of rotatable bonds is 5. The van der Waals surface area contributed by atoms with Crippen molar-refractivity contribution in [1.82, 2.24) is 9.88 Å². The molecule has 0 atom stereocenters. The van der Waals surface area contributed by atoms with Crippen LogP contribution in [0.5, 0.6) is 5.75 Å². The molecule has 0 fully saturated rings. The Morgan fingerprint density at radius 3 is 2.35 bits per heavy atom. The molecule has 0 N–H and O–H groups in total. The molecular formula is C27H24N2O2. The van der Waals surface area contributed by atoms with E-state index in [4.69, 9.17) is 4.74 Å². The normalized spacial score (nSPS) is 12.7. The van der Waals surface area contributed by atoms with E-state index in [1.807, 2.05) is 66.4 Å². The minimum absolute atomic E-state index is 0.156. The first-order valence-electron chi connectivity index (χ1n) is 10.6. The van der Waals surface area contributed by atoms with Crippen molar-refractivity contribution in [2.45, 2.75) is 33.0 Å². The number of pyridine rings is 1. The van der Waals surface area contributed by atoms with Crippen LogP contribution in [-0.2, 0) is 30.9 Å². The predicted molar refractivity (Wildman–Crippen MR) is 122 cm³/mol. The zero-order valence-corrected chi connectivity index (χ0v) is 17.5. The summed E-state index contributed by atoms with van der Waals surface area (Å²) in [7, 11) is 0. The molecule has 4 heteroatoms. The number of aromatic nitrogens is 1. The Kier molecular flexibility index (Phi) is 5.13. The van der Waals surface area contributed by atoms with Gasteiger partial charge in [-0.25, -0.2) is 0 Å². The Morgan fingerprint density at radius 1 is 0.935 bits per heavy atom. The first kappa shape index (κ1) is 19.3. The maximum absolute atomic E-state index is 12.7. The highest BCUT2D eigenvalue weighted by Gasteiger charge is 2.22. The van der Waals surface area contributed by atoms with Gasteiger partial charge in [0.25, 0.3) is 0 Å². The van der Waals surface area contributed by atoms with Crippen LogP contribution >= 0.6 is 0 Å². The van der Waals surface area contributed by atoms with Crippen molar-refractivity contribution in [1.29, 1.82) is 0 Å². The van der Waals surface area contributed by atoms with Crippen LogP contribution in [0.4, 0.5) is 0 Å². The third kappa shape index (κ3) is 4.15. The summed E-state index contributed by atoms with van der Waals surface area (Å²) in [6.07, 6.45) is 0.405. The summed E-state index contributed by atoms with van der Waals surface area (Å²) in [6.45, 7) is 3.89. The van der Waals surface area contributed by atoms with E-state index in [9.17, 15) is 4.79 Å². The molecule has 0 unspecified atom stereocenters. The second-order valence-electron chi connectivity index (χ2n) is 8.07. The van der Waals surface area contributed by atoms with E-state index >= 15 is 0 Å². The Labute approximate surface area is 182 Å². The fourth-order valence-corrected chi connectivity index (χ4v) is 4.17. The van der Waals surface area contributed by atoms with Crippen molar-refractivity contribution < 1.29 is 9.53 Å². The molecule has 5 rings (SSSR count). The van der Waals surface area contributed by atoms with Gasteiger partial charge in [-0.05, 0) is 47.9 Å². The average molecular weight is 409 g/mol. The fourth-order valence-electron chi connectivity index (χ4n) is 4.17. The molecule has 0 saturated heterocycles. The first-order chi connectivity index (χ1) is 15.2. The molecule has 0 bridgehead atoms. The van der Waals surface area contributed by atoms with E-state index in [2.05, 4.69) is 29.2 Å². The molecule has 0 spiro atoms. The van der Waals surface area contributed by atoms with Crippen molar-refractivity contribution in [2.75, 3.05) is 0 Å². The van der Waals surface area contributed by atoms with Gasteiger partial charge in [0.15, 0.2) is 0 Å². The number of ether oxygens (including phenoxy) is 1. The standard InChI is InChI=1S/C27H24N2O2/c1-19-14-23(25-8-4-5-9-26(25)28-19)18-31-24-12-10-20(11-13-24)15-27(30)29-16-21-6-2-3-7-22(21)17-29/h2-14H,15-18H2,1H3. The van der Waals surface area contributed by atoms with Gasteiger partial charge in [0.2, 0.25) is 5.91 Å². The third-order valence-electron chi connectivity index (χ3n) is 5.80. The Balaban J connectivity index is 1.22. The number of aryl methyl sites for hydroxylation is 1. The lowest BCUT2D eigenvalue weighted by Crippen LogP contribution is -2.26. The monoisotopic (exact) mass is 408 g/mol. The molecule has 1 aliphatic rings. The molecule has 3 aromatic carbocycles. The van der Waals surface area contributed by atoms with Crippen LogP contribution in [0.2, 0.25) is 0 Å². The highest BCUT2D eigenvalue weighted by Crippen LogP contribution is 2.24. The number of hydrogen-bond donors (Lipinski definition) is 0. The van der Waals surface area contributed by atoms with Crippen LogP contribution in [-0.4, -0.2) is 15.8 Å². The zero-order chi connectivity index (χ0) is 21.2. The lowest BCUT2D eigenvalue weighted by molar-refractivity contribution is -0.131. The number of amides is 1. The SMILES string of the molecule is Cc1cc(COc2ccc(CC(=O)N3Cc4ccccc4C3)cc2)c2ccccc2n1. The topological polar surface area (TPSA) is 42.4 Å². The molecule has 154 valence electrons. The van der Waals surface area contributed by atoms with Gasteiger partial charge in [0.1, 0.15) is 12.4 Å². The molecule has 4 nitrogen and oxygen atoms in total. The van der Waals surface area contributed by atoms with Gasteiger partial charge in [-0.3, -0.25) is 9.78 Å². The smallest absolute Gasteiger partial charge is 0.227 e. The number of carbonyl (C=O) groups is 1. The molecule has 1 aromatic heterocycles. The first-order valence-corrected chi connectivity index (χ1v) is 10.6. The van der Waals surface area contributed by atoms with E-state index in [-0.39, 0.29) is 5.91 Å². The summed E-state index contributed by atoms with van der Waals surface area (Å²) in [5.41, 5.74) is 6.58. The number of benzene rings is 3. The number of nitrogens with zero attached hydrogens (tertiary/aromatic N) is 2. The van der Waals surface area contributed by atoms with Gasteiger partial charge >= 0.3 is 0 Å². The quantitative estimate of drug-likeness (QED) is 0.455. The summed E-state index contributed by atoms with van der Waals surface area (Å²) in [6, 6.07) is 26.3. The van der Waals surface area contributed by atoms with E-state index < -0.39 is 0 Å². The zero-order valence-electron chi connectivity index (χ0n) is 17.5. The molecule has 1 aliphatic heterocycles.